The predicted octanol–water partition coefficient (Wildman–Crippen LogP) is 0.0570. The molecule has 11 heavy (non-hydrogen) atoms. The Kier molecular flexibility index (Phi) is 2.28. The highest BCUT2D eigenvalue weighted by molar-refractivity contribution is 5.94. The molecule has 4 heteroatoms. The summed E-state index contributed by atoms with van der Waals surface area (Å²) in [6, 6.07) is 0. The molecule has 0 spiro atoms. The first-order valence-electron chi connectivity index (χ1n) is 3.47. The van der Waals surface area contributed by atoms with E-state index in [-0.39, 0.29) is 5.91 Å². The maximum absolute atomic E-state index is 11.0. The van der Waals surface area contributed by atoms with E-state index in [2.05, 4.69) is 5.32 Å². The molecule has 0 fully saturated rings. The van der Waals surface area contributed by atoms with Gasteiger partial charge in [-0.1, -0.05) is 13.0 Å². The van der Waals surface area contributed by atoms with Crippen LogP contribution in [0, 0.1) is 0 Å². The molecule has 1 aliphatic heterocycles. The van der Waals surface area contributed by atoms with Crippen molar-refractivity contribution in [3.63, 3.8) is 0 Å². The molecule has 3 N–H and O–H groups in total. The second-order valence-corrected chi connectivity index (χ2v) is 2.19. The molecule has 0 aromatic heterocycles. The second-order valence-electron chi connectivity index (χ2n) is 2.19. The fourth-order valence-corrected chi connectivity index (χ4v) is 0.856. The largest absolute Gasteiger partial charge is 0.326 e. The summed E-state index contributed by atoms with van der Waals surface area (Å²) >= 11 is 0. The molecule has 0 unspecified atom stereocenters. The fraction of sp³-hybridized carbons (Fsp3) is 0.286. The van der Waals surface area contributed by atoms with Crippen LogP contribution in [0.3, 0.4) is 0 Å². The molecule has 0 aromatic rings. The number of amides is 1. The first kappa shape index (κ1) is 7.81. The highest BCUT2D eigenvalue weighted by Crippen LogP contribution is 2.04. The lowest BCUT2D eigenvalue weighted by Crippen LogP contribution is -2.38. The highest BCUT2D eigenvalue weighted by Gasteiger charge is 2.14. The highest BCUT2D eigenvalue weighted by atomic mass is 16.2. The Hall–Kier alpha value is -1.29. The SMILES string of the molecule is CC/C=C1/C(=O)NC=CN1N. The molecule has 0 saturated heterocycles. The smallest absolute Gasteiger partial charge is 0.272 e. The van der Waals surface area contributed by atoms with Gasteiger partial charge in [-0.3, -0.25) is 9.80 Å². The van der Waals surface area contributed by atoms with Gasteiger partial charge < -0.3 is 5.32 Å². The zero-order chi connectivity index (χ0) is 8.27. The van der Waals surface area contributed by atoms with E-state index in [0.717, 1.165) is 6.42 Å². The summed E-state index contributed by atoms with van der Waals surface area (Å²) < 4.78 is 0. The lowest BCUT2D eigenvalue weighted by atomic mass is 10.3. The van der Waals surface area contributed by atoms with E-state index in [1.165, 1.54) is 11.2 Å². The number of nitrogens with zero attached hydrogens (tertiary/aromatic N) is 1. The van der Waals surface area contributed by atoms with Gasteiger partial charge >= 0.3 is 0 Å². The van der Waals surface area contributed by atoms with Crippen LogP contribution in [-0.4, -0.2) is 10.9 Å². The number of nitrogens with two attached hydrogens (primary N) is 1. The molecule has 1 rings (SSSR count). The summed E-state index contributed by atoms with van der Waals surface area (Å²) in [5.41, 5.74) is 0.495. The Morgan fingerprint density at radius 2 is 2.55 bits per heavy atom. The number of carbonyl (C=O) groups excluding carboxylic acids is 1. The zero-order valence-corrected chi connectivity index (χ0v) is 6.37. The van der Waals surface area contributed by atoms with Crippen LogP contribution in [0.5, 0.6) is 0 Å². The minimum atomic E-state index is -0.156. The first-order chi connectivity index (χ1) is 5.25. The number of hydrogen-bond acceptors (Lipinski definition) is 3. The van der Waals surface area contributed by atoms with Crippen molar-refractivity contribution in [2.45, 2.75) is 13.3 Å². The molecule has 0 bridgehead atoms. The maximum atomic E-state index is 11.0. The van der Waals surface area contributed by atoms with Gasteiger partial charge in [0.15, 0.2) is 0 Å². The molecule has 0 aromatic carbocycles. The summed E-state index contributed by atoms with van der Waals surface area (Å²) in [6.45, 7) is 1.95. The number of hydrogen-bond donors (Lipinski definition) is 2. The topological polar surface area (TPSA) is 58.4 Å². The van der Waals surface area contributed by atoms with Gasteiger partial charge in [0.2, 0.25) is 0 Å². The standard InChI is InChI=1S/C7H11N3O/c1-2-3-6-7(11)9-4-5-10(6)8/h3-5H,2,8H2,1H3,(H,9,11)/b6-3-. The van der Waals surface area contributed by atoms with Gasteiger partial charge in [-0.25, -0.2) is 5.84 Å². The Bertz CT molecular complexity index is 220. The van der Waals surface area contributed by atoms with Crippen molar-refractivity contribution in [1.82, 2.24) is 10.3 Å². The summed E-state index contributed by atoms with van der Waals surface area (Å²) in [7, 11) is 0. The predicted molar refractivity (Wildman–Crippen MR) is 41.7 cm³/mol. The number of rotatable bonds is 1. The van der Waals surface area contributed by atoms with E-state index in [0.29, 0.717) is 5.70 Å². The van der Waals surface area contributed by atoms with Gasteiger partial charge in [-0.15, -0.1) is 0 Å². The van der Waals surface area contributed by atoms with Crippen LogP contribution in [0.1, 0.15) is 13.3 Å². The third kappa shape index (κ3) is 1.59. The molecule has 0 saturated carbocycles. The molecule has 4 nitrogen and oxygen atoms in total. The van der Waals surface area contributed by atoms with Gasteiger partial charge in [0.05, 0.1) is 0 Å². The summed E-state index contributed by atoms with van der Waals surface area (Å²) in [6.07, 6.45) is 5.68. The minimum absolute atomic E-state index is 0.156. The Morgan fingerprint density at radius 1 is 1.82 bits per heavy atom. The monoisotopic (exact) mass is 153 g/mol. The van der Waals surface area contributed by atoms with Crippen LogP contribution < -0.4 is 11.2 Å². The Balaban J connectivity index is 2.83. The minimum Gasteiger partial charge on any atom is -0.326 e. The Labute approximate surface area is 65.3 Å². The zero-order valence-electron chi connectivity index (χ0n) is 6.37. The molecule has 1 heterocycles. The normalized spacial score (nSPS) is 20.7. The van der Waals surface area contributed by atoms with Crippen molar-refractivity contribution in [1.29, 1.82) is 0 Å². The van der Waals surface area contributed by atoms with Gasteiger partial charge in [-0.2, -0.15) is 0 Å². The fourth-order valence-electron chi connectivity index (χ4n) is 0.856. The molecule has 60 valence electrons. The molecule has 1 aliphatic rings. The van der Waals surface area contributed by atoms with Crippen molar-refractivity contribution in [2.75, 3.05) is 0 Å². The van der Waals surface area contributed by atoms with Crippen molar-refractivity contribution in [2.24, 2.45) is 5.84 Å². The van der Waals surface area contributed by atoms with Crippen LogP contribution in [0.15, 0.2) is 24.2 Å². The number of nitrogens with one attached hydrogen (secondary N) is 1. The molecular weight excluding hydrogens is 142 g/mol. The van der Waals surface area contributed by atoms with Gasteiger partial charge in [0.25, 0.3) is 5.91 Å². The summed E-state index contributed by atoms with van der Waals surface area (Å²) in [5.74, 6) is 5.32. The van der Waals surface area contributed by atoms with E-state index in [9.17, 15) is 4.79 Å². The van der Waals surface area contributed by atoms with Crippen molar-refractivity contribution >= 4 is 5.91 Å². The van der Waals surface area contributed by atoms with E-state index in [4.69, 9.17) is 5.84 Å². The maximum Gasteiger partial charge on any atom is 0.272 e. The van der Waals surface area contributed by atoms with Crippen LogP contribution in [0.25, 0.3) is 0 Å². The lowest BCUT2D eigenvalue weighted by molar-refractivity contribution is -0.118. The quantitative estimate of drug-likeness (QED) is 0.413. The average Bonchev–Trinajstić information content (AvgIpc) is 1.97. The van der Waals surface area contributed by atoms with E-state index in [1.807, 2.05) is 6.92 Å². The third-order valence-corrected chi connectivity index (χ3v) is 1.36. The van der Waals surface area contributed by atoms with Crippen LogP contribution >= 0.6 is 0 Å². The van der Waals surface area contributed by atoms with Crippen LogP contribution in [-0.2, 0) is 4.79 Å². The summed E-state index contributed by atoms with van der Waals surface area (Å²) in [5, 5.41) is 3.85. The van der Waals surface area contributed by atoms with Gasteiger partial charge in [0, 0.05) is 12.4 Å². The van der Waals surface area contributed by atoms with Gasteiger partial charge in [-0.05, 0) is 6.42 Å². The summed E-state index contributed by atoms with van der Waals surface area (Å²) in [4.78, 5) is 11.0. The van der Waals surface area contributed by atoms with Crippen LogP contribution in [0.2, 0.25) is 0 Å². The molecule has 1 amide bonds. The van der Waals surface area contributed by atoms with Crippen molar-refractivity contribution < 1.29 is 4.79 Å². The third-order valence-electron chi connectivity index (χ3n) is 1.36. The number of carbonyl (C=O) groups is 1. The molecule has 0 aliphatic carbocycles. The molecule has 0 atom stereocenters. The van der Waals surface area contributed by atoms with E-state index in [1.54, 1.807) is 12.3 Å². The van der Waals surface area contributed by atoms with Gasteiger partial charge in [0.1, 0.15) is 5.70 Å². The number of hydrazine groups is 1. The molecule has 0 radical (unpaired) electrons. The second kappa shape index (κ2) is 3.21. The van der Waals surface area contributed by atoms with E-state index < -0.39 is 0 Å². The first-order valence-corrected chi connectivity index (χ1v) is 3.47. The van der Waals surface area contributed by atoms with Crippen LogP contribution in [0.4, 0.5) is 0 Å². The average molecular weight is 153 g/mol. The van der Waals surface area contributed by atoms with E-state index >= 15 is 0 Å². The number of allylic oxidation sites excluding steroid dienone is 1. The lowest BCUT2D eigenvalue weighted by Gasteiger charge is -2.20. The molecular formula is C7H11N3O. The van der Waals surface area contributed by atoms with Crippen molar-refractivity contribution in [3.8, 4) is 0 Å². The Morgan fingerprint density at radius 3 is 3.09 bits per heavy atom. The van der Waals surface area contributed by atoms with Crippen molar-refractivity contribution in [3.05, 3.63) is 24.2 Å².